The molecule has 3 rings (SSSR count). The van der Waals surface area contributed by atoms with Crippen LogP contribution in [0.1, 0.15) is 24.4 Å². The number of carboxylic acids is 1. The zero-order valence-electron chi connectivity index (χ0n) is 19.1. The molecule has 0 aliphatic heterocycles. The minimum atomic E-state index is -1.30. The third-order valence-corrected chi connectivity index (χ3v) is 5.68. The second-order valence-electron chi connectivity index (χ2n) is 8.07. The molecule has 2 aromatic carbocycles. The molecule has 3 amide bonds. The molecule has 0 saturated heterocycles. The van der Waals surface area contributed by atoms with E-state index in [-0.39, 0.29) is 31.2 Å². The monoisotopic (exact) mass is 481 g/mol. The number of primary amides is 1. The van der Waals surface area contributed by atoms with Crippen LogP contribution in [0.4, 0.5) is 4.79 Å². The number of urea groups is 1. The molecule has 1 aromatic heterocycles. The lowest BCUT2D eigenvalue weighted by atomic mass is 10.0. The minimum Gasteiger partial charge on any atom is -0.480 e. The van der Waals surface area contributed by atoms with Gasteiger partial charge in [0.05, 0.1) is 10.9 Å². The molecule has 0 fully saturated rings. The Bertz CT molecular complexity index is 1350. The zero-order chi connectivity index (χ0) is 25.5. The number of carbonyl (C=O) groups is 3. The molecule has 1 heterocycles. The summed E-state index contributed by atoms with van der Waals surface area (Å²) in [6, 6.07) is 12.0. The molecule has 5 N–H and O–H groups in total. The second kappa shape index (κ2) is 11.1. The Hall–Kier alpha value is -4.41. The lowest BCUT2D eigenvalue weighted by Gasteiger charge is -2.23. The molecule has 184 valence electrons. The first-order chi connectivity index (χ1) is 16.7. The van der Waals surface area contributed by atoms with E-state index in [4.69, 9.17) is 5.73 Å². The van der Waals surface area contributed by atoms with Gasteiger partial charge in [0, 0.05) is 20.0 Å². The molecular formula is C24H27N5O6. The van der Waals surface area contributed by atoms with Gasteiger partial charge in [-0.3, -0.25) is 14.2 Å². The van der Waals surface area contributed by atoms with Gasteiger partial charge in [0.1, 0.15) is 12.1 Å². The first-order valence-corrected chi connectivity index (χ1v) is 11.0. The third kappa shape index (κ3) is 5.94. The van der Waals surface area contributed by atoms with Crippen LogP contribution in [-0.2, 0) is 23.1 Å². The van der Waals surface area contributed by atoms with Gasteiger partial charge in [-0.15, -0.1) is 0 Å². The summed E-state index contributed by atoms with van der Waals surface area (Å²) in [4.78, 5) is 62.5. The van der Waals surface area contributed by atoms with Crippen LogP contribution in [0.3, 0.4) is 0 Å². The van der Waals surface area contributed by atoms with E-state index < -0.39 is 41.2 Å². The van der Waals surface area contributed by atoms with Crippen LogP contribution in [-0.4, -0.2) is 44.7 Å². The number of nitrogens with two attached hydrogens (primary N) is 1. The summed E-state index contributed by atoms with van der Waals surface area (Å²) >= 11 is 0. The van der Waals surface area contributed by atoms with Crippen LogP contribution in [0.25, 0.3) is 10.9 Å². The number of carboxylic acid groups (broad SMARTS) is 1. The topological polar surface area (TPSA) is 166 Å². The van der Waals surface area contributed by atoms with E-state index in [9.17, 15) is 29.1 Å². The van der Waals surface area contributed by atoms with E-state index in [0.29, 0.717) is 11.1 Å². The van der Waals surface area contributed by atoms with Crippen molar-refractivity contribution in [1.82, 2.24) is 19.8 Å². The standard InChI is InChI=1S/C24H27N5O6/c1-28-18-12-6-5-10-16(18)21(31)29(24(28)35)19(14-15-8-3-2-4-9-15)20(30)27-17(22(32)33)11-7-13-26-23(25)34/h2-6,8-10,12,17,19H,7,11,13-14H2,1H3,(H,27,30)(H,32,33)(H3,25,26,34). The number of rotatable bonds is 10. The lowest BCUT2D eigenvalue weighted by Crippen LogP contribution is -2.50. The molecule has 0 bridgehead atoms. The summed E-state index contributed by atoms with van der Waals surface area (Å²) in [5, 5.41) is 14.7. The normalized spacial score (nSPS) is 12.6. The van der Waals surface area contributed by atoms with E-state index in [0.717, 1.165) is 4.57 Å². The molecule has 0 saturated carbocycles. The lowest BCUT2D eigenvalue weighted by molar-refractivity contribution is -0.142. The van der Waals surface area contributed by atoms with Crippen molar-refractivity contribution in [1.29, 1.82) is 0 Å². The number of nitrogens with one attached hydrogen (secondary N) is 2. The van der Waals surface area contributed by atoms with Crippen LogP contribution in [0.5, 0.6) is 0 Å². The van der Waals surface area contributed by atoms with Crippen molar-refractivity contribution in [3.63, 3.8) is 0 Å². The van der Waals surface area contributed by atoms with Crippen molar-refractivity contribution in [3.8, 4) is 0 Å². The number of para-hydroxylation sites is 1. The van der Waals surface area contributed by atoms with Crippen molar-refractivity contribution in [2.75, 3.05) is 6.54 Å². The highest BCUT2D eigenvalue weighted by Gasteiger charge is 2.29. The quantitative estimate of drug-likeness (QED) is 0.308. The first kappa shape index (κ1) is 25.2. The number of nitrogens with zero attached hydrogens (tertiary/aromatic N) is 2. The van der Waals surface area contributed by atoms with E-state index in [1.165, 1.54) is 11.6 Å². The number of aliphatic carboxylic acids is 1. The minimum absolute atomic E-state index is 0.00401. The molecule has 0 spiro atoms. The smallest absolute Gasteiger partial charge is 0.331 e. The summed E-state index contributed by atoms with van der Waals surface area (Å²) < 4.78 is 2.16. The fourth-order valence-corrected chi connectivity index (χ4v) is 3.88. The van der Waals surface area contributed by atoms with Gasteiger partial charge in [-0.2, -0.15) is 0 Å². The molecule has 3 aromatic rings. The molecule has 2 atom stereocenters. The Balaban J connectivity index is 2.00. The molecule has 35 heavy (non-hydrogen) atoms. The van der Waals surface area contributed by atoms with Crippen LogP contribution < -0.4 is 27.6 Å². The number of aromatic nitrogens is 2. The van der Waals surface area contributed by atoms with Gasteiger partial charge in [-0.25, -0.2) is 19.0 Å². The summed E-state index contributed by atoms with van der Waals surface area (Å²) in [7, 11) is 1.50. The van der Waals surface area contributed by atoms with Crippen LogP contribution >= 0.6 is 0 Å². The predicted molar refractivity (Wildman–Crippen MR) is 129 cm³/mol. The highest BCUT2D eigenvalue weighted by atomic mass is 16.4. The molecule has 11 nitrogen and oxygen atoms in total. The summed E-state index contributed by atoms with van der Waals surface area (Å²) in [6.45, 7) is 0.132. The van der Waals surface area contributed by atoms with Gasteiger partial charge in [0.2, 0.25) is 5.91 Å². The highest BCUT2D eigenvalue weighted by Crippen LogP contribution is 2.15. The van der Waals surface area contributed by atoms with Crippen molar-refractivity contribution in [3.05, 3.63) is 81.0 Å². The number of hydrogen-bond acceptors (Lipinski definition) is 5. The van der Waals surface area contributed by atoms with Crippen LogP contribution in [0, 0.1) is 0 Å². The molecule has 0 radical (unpaired) electrons. The van der Waals surface area contributed by atoms with Crippen LogP contribution in [0.15, 0.2) is 64.2 Å². The van der Waals surface area contributed by atoms with Crippen LogP contribution in [0.2, 0.25) is 0 Å². The largest absolute Gasteiger partial charge is 0.480 e. The molecule has 2 unspecified atom stereocenters. The Morgan fingerprint density at radius 2 is 1.69 bits per heavy atom. The van der Waals surface area contributed by atoms with Crippen molar-refractivity contribution >= 4 is 28.8 Å². The maximum Gasteiger partial charge on any atom is 0.331 e. The molecule has 11 heteroatoms. The van der Waals surface area contributed by atoms with E-state index in [1.807, 2.05) is 0 Å². The molecule has 0 aliphatic rings. The maximum atomic E-state index is 13.4. The zero-order valence-corrected chi connectivity index (χ0v) is 19.1. The predicted octanol–water partition coefficient (Wildman–Crippen LogP) is 0.502. The Kier molecular flexibility index (Phi) is 8.03. The second-order valence-corrected chi connectivity index (χ2v) is 8.07. The maximum absolute atomic E-state index is 13.4. The number of fused-ring (bicyclic) bond motifs is 1. The van der Waals surface area contributed by atoms with Gasteiger partial charge in [0.25, 0.3) is 5.56 Å². The summed E-state index contributed by atoms with van der Waals surface area (Å²) in [5.41, 5.74) is 4.78. The SMILES string of the molecule is Cn1c(=O)n(C(Cc2ccccc2)C(=O)NC(CCCNC(N)=O)C(=O)O)c(=O)c2ccccc21. The summed E-state index contributed by atoms with van der Waals surface area (Å²) in [5.74, 6) is -2.06. The highest BCUT2D eigenvalue weighted by molar-refractivity contribution is 5.86. The van der Waals surface area contributed by atoms with Crippen molar-refractivity contribution < 1.29 is 19.5 Å². The summed E-state index contributed by atoms with van der Waals surface area (Å²) in [6.07, 6.45) is 0.237. The van der Waals surface area contributed by atoms with Gasteiger partial charge in [-0.05, 0) is 30.5 Å². The number of aryl methyl sites for hydroxylation is 1. The third-order valence-electron chi connectivity index (χ3n) is 5.68. The molecular weight excluding hydrogens is 454 g/mol. The number of hydrogen-bond donors (Lipinski definition) is 4. The van der Waals surface area contributed by atoms with E-state index >= 15 is 0 Å². The fourth-order valence-electron chi connectivity index (χ4n) is 3.88. The van der Waals surface area contributed by atoms with Gasteiger partial charge < -0.3 is 21.5 Å². The van der Waals surface area contributed by atoms with E-state index in [2.05, 4.69) is 10.6 Å². The van der Waals surface area contributed by atoms with Crippen molar-refractivity contribution in [2.24, 2.45) is 12.8 Å². The Morgan fingerprint density at radius 3 is 2.34 bits per heavy atom. The Labute approximate surface area is 200 Å². The van der Waals surface area contributed by atoms with Gasteiger partial charge >= 0.3 is 17.7 Å². The fraction of sp³-hybridized carbons (Fsp3) is 0.292. The number of amides is 3. The Morgan fingerprint density at radius 1 is 1.03 bits per heavy atom. The van der Waals surface area contributed by atoms with E-state index in [1.54, 1.807) is 54.6 Å². The average molecular weight is 482 g/mol. The van der Waals surface area contributed by atoms with Gasteiger partial charge in [-0.1, -0.05) is 42.5 Å². The number of carbonyl (C=O) groups excluding carboxylic acids is 2. The first-order valence-electron chi connectivity index (χ1n) is 11.0. The van der Waals surface area contributed by atoms with Gasteiger partial charge in [0.15, 0.2) is 0 Å². The molecule has 0 aliphatic carbocycles. The number of benzene rings is 2. The average Bonchev–Trinajstić information content (AvgIpc) is 2.84. The van der Waals surface area contributed by atoms with Crippen molar-refractivity contribution in [2.45, 2.75) is 31.3 Å².